The van der Waals surface area contributed by atoms with Gasteiger partial charge in [-0.3, -0.25) is 4.79 Å². The highest BCUT2D eigenvalue weighted by atomic mass is 16.4. The maximum absolute atomic E-state index is 12.1. The van der Waals surface area contributed by atoms with Crippen molar-refractivity contribution >= 4 is 29.4 Å². The van der Waals surface area contributed by atoms with Gasteiger partial charge in [-0.05, 0) is 41.0 Å². The van der Waals surface area contributed by atoms with Gasteiger partial charge < -0.3 is 10.2 Å². The van der Waals surface area contributed by atoms with Gasteiger partial charge in [-0.25, -0.2) is 9.59 Å². The zero-order valence-electron chi connectivity index (χ0n) is 10.1. The summed E-state index contributed by atoms with van der Waals surface area (Å²) < 4.78 is 0. The van der Waals surface area contributed by atoms with Gasteiger partial charge in [-0.1, -0.05) is 12.1 Å². The van der Waals surface area contributed by atoms with Crippen LogP contribution >= 0.6 is 0 Å². The van der Waals surface area contributed by atoms with Gasteiger partial charge >= 0.3 is 11.9 Å². The lowest BCUT2D eigenvalue weighted by atomic mass is 9.91. The lowest BCUT2D eigenvalue weighted by Crippen LogP contribution is -2.16. The topological polar surface area (TPSA) is 91.7 Å². The SMILES string of the molecule is O=C(O)C1=CC=C2C(=Cc3ccc(C(=O)O)cc32)C1=O. The fourth-order valence-electron chi connectivity index (χ4n) is 2.35. The third-order valence-corrected chi connectivity index (χ3v) is 3.32. The van der Waals surface area contributed by atoms with Crippen molar-refractivity contribution in [3.63, 3.8) is 0 Å². The van der Waals surface area contributed by atoms with Crippen LogP contribution in [0.25, 0.3) is 11.6 Å². The Hall–Kier alpha value is -2.95. The first-order chi connectivity index (χ1) is 9.49. The maximum atomic E-state index is 12.1. The number of carboxylic acid groups (broad SMARTS) is 2. The van der Waals surface area contributed by atoms with E-state index in [2.05, 4.69) is 0 Å². The first-order valence-electron chi connectivity index (χ1n) is 5.79. The van der Waals surface area contributed by atoms with Gasteiger partial charge in [0.2, 0.25) is 5.78 Å². The normalized spacial score (nSPS) is 15.8. The summed E-state index contributed by atoms with van der Waals surface area (Å²) in [6.45, 7) is 0. The predicted molar refractivity (Wildman–Crippen MR) is 70.1 cm³/mol. The van der Waals surface area contributed by atoms with E-state index in [0.717, 1.165) is 0 Å². The second-order valence-electron chi connectivity index (χ2n) is 4.46. The van der Waals surface area contributed by atoms with E-state index in [-0.39, 0.29) is 11.1 Å². The minimum absolute atomic E-state index is 0.125. The molecule has 0 spiro atoms. The van der Waals surface area contributed by atoms with E-state index in [9.17, 15) is 14.4 Å². The number of benzene rings is 1. The fraction of sp³-hybridized carbons (Fsp3) is 0. The predicted octanol–water partition coefficient (Wildman–Crippen LogP) is 1.76. The number of hydrogen-bond acceptors (Lipinski definition) is 3. The van der Waals surface area contributed by atoms with Gasteiger partial charge in [0.1, 0.15) is 5.57 Å². The van der Waals surface area contributed by atoms with Crippen molar-refractivity contribution < 1.29 is 24.6 Å². The molecule has 0 fully saturated rings. The number of fused-ring (bicyclic) bond motifs is 3. The number of allylic oxidation sites excluding steroid dienone is 4. The van der Waals surface area contributed by atoms with Gasteiger partial charge in [0.25, 0.3) is 0 Å². The number of hydrogen-bond donors (Lipinski definition) is 2. The summed E-state index contributed by atoms with van der Waals surface area (Å²) in [5, 5.41) is 17.9. The van der Waals surface area contributed by atoms with Crippen LogP contribution in [-0.2, 0) is 9.59 Å². The van der Waals surface area contributed by atoms with Crippen molar-refractivity contribution in [2.75, 3.05) is 0 Å². The molecular formula is C15H8O5. The molecule has 5 nitrogen and oxygen atoms in total. The molecule has 0 amide bonds. The number of carbonyl (C=O) groups excluding carboxylic acids is 1. The lowest BCUT2D eigenvalue weighted by molar-refractivity contribution is -0.134. The van der Waals surface area contributed by atoms with Gasteiger partial charge in [0.15, 0.2) is 0 Å². The molecule has 20 heavy (non-hydrogen) atoms. The van der Waals surface area contributed by atoms with E-state index in [4.69, 9.17) is 10.2 Å². The summed E-state index contributed by atoms with van der Waals surface area (Å²) in [5.74, 6) is -2.87. The van der Waals surface area contributed by atoms with Crippen LogP contribution in [0.5, 0.6) is 0 Å². The second kappa shape index (κ2) is 4.03. The molecule has 1 aromatic rings. The number of aliphatic carboxylic acids is 1. The smallest absolute Gasteiger partial charge is 0.339 e. The summed E-state index contributed by atoms with van der Waals surface area (Å²) in [6, 6.07) is 4.55. The molecule has 5 heteroatoms. The van der Waals surface area contributed by atoms with Crippen LogP contribution in [-0.4, -0.2) is 27.9 Å². The molecule has 0 aliphatic heterocycles. The van der Waals surface area contributed by atoms with Gasteiger partial charge in [0, 0.05) is 5.57 Å². The Morgan fingerprint density at radius 1 is 0.950 bits per heavy atom. The summed E-state index contributed by atoms with van der Waals surface area (Å²) in [4.78, 5) is 34.0. The van der Waals surface area contributed by atoms with Gasteiger partial charge in [-0.2, -0.15) is 0 Å². The van der Waals surface area contributed by atoms with Crippen molar-refractivity contribution in [1.82, 2.24) is 0 Å². The Morgan fingerprint density at radius 3 is 2.35 bits per heavy atom. The van der Waals surface area contributed by atoms with Gasteiger partial charge in [0.05, 0.1) is 5.56 Å². The van der Waals surface area contributed by atoms with E-state index in [1.54, 1.807) is 12.1 Å². The van der Waals surface area contributed by atoms with Crippen LogP contribution in [0.2, 0.25) is 0 Å². The van der Waals surface area contributed by atoms with Crippen LogP contribution in [0.15, 0.2) is 41.5 Å². The third-order valence-electron chi connectivity index (χ3n) is 3.32. The van der Waals surface area contributed by atoms with Crippen LogP contribution < -0.4 is 0 Å². The lowest BCUT2D eigenvalue weighted by Gasteiger charge is -2.11. The molecular weight excluding hydrogens is 260 g/mol. The highest BCUT2D eigenvalue weighted by Gasteiger charge is 2.31. The Balaban J connectivity index is 2.15. The van der Waals surface area contributed by atoms with Crippen LogP contribution in [0.1, 0.15) is 21.5 Å². The molecule has 2 aliphatic carbocycles. The van der Waals surface area contributed by atoms with E-state index in [1.807, 2.05) is 0 Å². The van der Waals surface area contributed by atoms with E-state index in [1.165, 1.54) is 24.3 Å². The first-order valence-corrected chi connectivity index (χ1v) is 5.79. The molecule has 0 saturated heterocycles. The molecule has 0 aromatic heterocycles. The zero-order valence-corrected chi connectivity index (χ0v) is 10.1. The number of aromatic carboxylic acids is 1. The number of ketones is 1. The Labute approximate surface area is 113 Å². The summed E-state index contributed by atoms with van der Waals surface area (Å²) >= 11 is 0. The van der Waals surface area contributed by atoms with Crippen molar-refractivity contribution in [2.24, 2.45) is 0 Å². The molecule has 0 radical (unpaired) electrons. The van der Waals surface area contributed by atoms with Crippen molar-refractivity contribution in [3.05, 3.63) is 58.2 Å². The van der Waals surface area contributed by atoms with Crippen LogP contribution in [0.4, 0.5) is 0 Å². The molecule has 0 unspecified atom stereocenters. The summed E-state index contributed by atoms with van der Waals surface area (Å²) in [7, 11) is 0. The molecule has 0 atom stereocenters. The quantitative estimate of drug-likeness (QED) is 0.797. The number of Topliss-reactive ketones (excluding diaryl/α,β-unsaturated/α-hetero) is 1. The summed E-state index contributed by atoms with van der Waals surface area (Å²) in [6.07, 6.45) is 4.37. The molecule has 0 heterocycles. The Morgan fingerprint density at radius 2 is 1.70 bits per heavy atom. The standard InChI is InChI=1S/C15H8O5/c16-13-10(15(19)20)4-3-9-11-6-8(14(17)18)2-1-7(11)5-12(9)13/h1-6H,(H,17,18)(H,19,20). The number of carbonyl (C=O) groups is 3. The van der Waals surface area contributed by atoms with Crippen molar-refractivity contribution in [2.45, 2.75) is 0 Å². The second-order valence-corrected chi connectivity index (χ2v) is 4.46. The molecule has 2 aliphatic rings. The van der Waals surface area contributed by atoms with Crippen molar-refractivity contribution in [1.29, 1.82) is 0 Å². The Bertz CT molecular complexity index is 777. The average Bonchev–Trinajstić information content (AvgIpc) is 2.77. The molecule has 0 saturated carbocycles. The average molecular weight is 268 g/mol. The highest BCUT2D eigenvalue weighted by molar-refractivity contribution is 6.33. The van der Waals surface area contributed by atoms with Crippen molar-refractivity contribution in [3.8, 4) is 0 Å². The van der Waals surface area contributed by atoms with Crippen LogP contribution in [0, 0.1) is 0 Å². The monoisotopic (exact) mass is 268 g/mol. The van der Waals surface area contributed by atoms with E-state index >= 15 is 0 Å². The largest absolute Gasteiger partial charge is 0.478 e. The van der Waals surface area contributed by atoms with Crippen LogP contribution in [0.3, 0.4) is 0 Å². The molecule has 1 aromatic carbocycles. The zero-order chi connectivity index (χ0) is 14.4. The summed E-state index contributed by atoms with van der Waals surface area (Å²) in [5.41, 5.74) is 2.05. The molecule has 2 N–H and O–H groups in total. The molecule has 0 bridgehead atoms. The fourth-order valence-corrected chi connectivity index (χ4v) is 2.35. The number of carboxylic acids is 2. The van der Waals surface area contributed by atoms with Gasteiger partial charge in [-0.15, -0.1) is 0 Å². The highest BCUT2D eigenvalue weighted by Crippen LogP contribution is 2.39. The number of rotatable bonds is 2. The minimum atomic E-state index is -1.27. The third kappa shape index (κ3) is 1.60. The minimum Gasteiger partial charge on any atom is -0.478 e. The first kappa shape index (κ1) is 12.1. The Kier molecular flexibility index (Phi) is 2.44. The van der Waals surface area contributed by atoms with E-state index in [0.29, 0.717) is 22.3 Å². The maximum Gasteiger partial charge on any atom is 0.339 e. The molecule has 3 rings (SSSR count). The van der Waals surface area contributed by atoms with E-state index < -0.39 is 17.7 Å². The molecule has 98 valence electrons.